The first-order valence-corrected chi connectivity index (χ1v) is 10.3. The lowest BCUT2D eigenvalue weighted by atomic mass is 9.61. The van der Waals surface area contributed by atoms with Crippen LogP contribution in [0.1, 0.15) is 52.0 Å². The molecule has 2 aliphatic rings. The summed E-state index contributed by atoms with van der Waals surface area (Å²) in [4.78, 5) is 2.58. The third-order valence-electron chi connectivity index (χ3n) is 5.54. The fourth-order valence-corrected chi connectivity index (χ4v) is 4.40. The van der Waals surface area contributed by atoms with E-state index in [0.29, 0.717) is 0 Å². The van der Waals surface area contributed by atoms with Crippen LogP contribution >= 0.6 is 0 Å². The molecule has 1 aliphatic heterocycles. The van der Waals surface area contributed by atoms with Crippen molar-refractivity contribution in [2.75, 3.05) is 19.6 Å². The van der Waals surface area contributed by atoms with Crippen molar-refractivity contribution in [3.05, 3.63) is 35.9 Å². The van der Waals surface area contributed by atoms with Crippen LogP contribution in [0.5, 0.6) is 0 Å². The number of nitrogens with zero attached hydrogens (tertiary/aromatic N) is 2. The molecule has 1 heterocycles. The fraction of sp³-hybridized carbons (Fsp3) is 0.650. The van der Waals surface area contributed by atoms with Crippen LogP contribution in [0, 0.1) is 5.41 Å². The minimum absolute atomic E-state index is 0.250. The number of piperidine rings is 1. The van der Waals surface area contributed by atoms with Crippen molar-refractivity contribution in [3.8, 4) is 0 Å². The molecule has 3 rings (SSSR count). The zero-order valence-corrected chi connectivity index (χ0v) is 16.1. The summed E-state index contributed by atoms with van der Waals surface area (Å²) in [7, 11) is 0. The molecule has 1 aromatic rings. The summed E-state index contributed by atoms with van der Waals surface area (Å²) in [6.07, 6.45) is 5.78. The van der Waals surface area contributed by atoms with Crippen LogP contribution in [-0.2, 0) is 17.8 Å². The third kappa shape index (κ3) is 4.04. The molecule has 1 spiro atoms. The van der Waals surface area contributed by atoms with Gasteiger partial charge in [0.1, 0.15) is 16.1 Å². The molecule has 3 nitrogen and oxygen atoms in total. The lowest BCUT2D eigenvalue weighted by Gasteiger charge is -2.48. The number of benzene rings is 1. The number of likely N-dealkylation sites (tertiary alicyclic amines) is 1. The Hall–Kier alpha value is -0.840. The van der Waals surface area contributed by atoms with Gasteiger partial charge in [0.15, 0.2) is 0 Å². The molecule has 1 saturated heterocycles. The minimum atomic E-state index is -1.11. The van der Waals surface area contributed by atoms with E-state index in [0.717, 1.165) is 32.5 Å². The predicted molar refractivity (Wildman–Crippen MR) is 103 cm³/mol. The van der Waals surface area contributed by atoms with E-state index in [9.17, 15) is 4.55 Å². The van der Waals surface area contributed by atoms with Gasteiger partial charge in [0.25, 0.3) is 0 Å². The smallest absolute Gasteiger partial charge is 0.144 e. The first-order valence-electron chi connectivity index (χ1n) is 9.15. The quantitative estimate of drug-likeness (QED) is 0.773. The molecule has 24 heavy (non-hydrogen) atoms. The van der Waals surface area contributed by atoms with Crippen molar-refractivity contribution in [2.24, 2.45) is 9.81 Å². The van der Waals surface area contributed by atoms with Crippen molar-refractivity contribution in [1.29, 1.82) is 0 Å². The maximum Gasteiger partial charge on any atom is 0.144 e. The molecule has 0 N–H and O–H groups in total. The normalized spacial score (nSPS) is 24.1. The Bertz CT molecular complexity index is 571. The van der Waals surface area contributed by atoms with E-state index in [1.165, 1.54) is 30.5 Å². The molecule has 1 unspecified atom stereocenters. The predicted octanol–water partition coefficient (Wildman–Crippen LogP) is 4.01. The molecule has 0 aromatic heterocycles. The Morgan fingerprint density at radius 1 is 1.12 bits per heavy atom. The van der Waals surface area contributed by atoms with Crippen LogP contribution < -0.4 is 0 Å². The second-order valence-electron chi connectivity index (χ2n) is 8.26. The van der Waals surface area contributed by atoms with E-state index in [1.807, 2.05) is 20.8 Å². The standard InChI is InChI=1S/C20H30N2OS/c1-19(2,3)24(23)21-18-9-11-20(18)12-15-22(16-13-20)14-10-17-7-5-4-6-8-17/h4-8H,9-16H2,1-3H3/b21-18-. The van der Waals surface area contributed by atoms with Crippen LogP contribution in [0.2, 0.25) is 0 Å². The molecular weight excluding hydrogens is 316 g/mol. The molecular formula is C20H30N2OS. The average Bonchev–Trinajstić information content (AvgIpc) is 2.57. The molecule has 0 radical (unpaired) electrons. The van der Waals surface area contributed by atoms with E-state index in [-0.39, 0.29) is 10.2 Å². The Labute approximate surface area is 149 Å². The number of hydrogen-bond donors (Lipinski definition) is 0. The summed E-state index contributed by atoms with van der Waals surface area (Å²) in [5, 5.41) is 0. The highest BCUT2D eigenvalue weighted by Gasteiger charge is 2.47. The zero-order chi connectivity index (χ0) is 17.2. The van der Waals surface area contributed by atoms with Crippen molar-refractivity contribution < 1.29 is 4.55 Å². The topological polar surface area (TPSA) is 38.7 Å². The molecule has 132 valence electrons. The Morgan fingerprint density at radius 2 is 1.79 bits per heavy atom. The highest BCUT2D eigenvalue weighted by atomic mass is 32.2. The maximum absolute atomic E-state index is 12.3. The van der Waals surface area contributed by atoms with Gasteiger partial charge in [-0.05, 0) is 71.5 Å². The lowest BCUT2D eigenvalue weighted by Crippen LogP contribution is -2.50. The number of hydrogen-bond acceptors (Lipinski definition) is 3. The van der Waals surface area contributed by atoms with Gasteiger partial charge >= 0.3 is 0 Å². The zero-order valence-electron chi connectivity index (χ0n) is 15.3. The second kappa shape index (κ2) is 7.19. The number of rotatable bonds is 4. The Balaban J connectivity index is 1.52. The van der Waals surface area contributed by atoms with Gasteiger partial charge in [-0.3, -0.25) is 0 Å². The lowest BCUT2D eigenvalue weighted by molar-refractivity contribution is 0.128. The molecule has 1 saturated carbocycles. The van der Waals surface area contributed by atoms with Crippen LogP contribution in [0.3, 0.4) is 0 Å². The summed E-state index contributed by atoms with van der Waals surface area (Å²) in [6, 6.07) is 10.7. The van der Waals surface area contributed by atoms with Crippen molar-refractivity contribution >= 4 is 17.1 Å². The van der Waals surface area contributed by atoms with Gasteiger partial charge in [-0.15, -0.1) is 0 Å². The van der Waals surface area contributed by atoms with Gasteiger partial charge in [-0.25, -0.2) is 0 Å². The van der Waals surface area contributed by atoms with Gasteiger partial charge in [-0.1, -0.05) is 34.7 Å². The van der Waals surface area contributed by atoms with Crippen LogP contribution in [-0.4, -0.2) is 39.5 Å². The largest absolute Gasteiger partial charge is 0.591 e. The van der Waals surface area contributed by atoms with E-state index in [4.69, 9.17) is 0 Å². The van der Waals surface area contributed by atoms with E-state index in [2.05, 4.69) is 39.6 Å². The third-order valence-corrected chi connectivity index (χ3v) is 6.98. The molecule has 2 fully saturated rings. The summed E-state index contributed by atoms with van der Waals surface area (Å²) >= 11 is -1.11. The van der Waals surface area contributed by atoms with E-state index in [1.54, 1.807) is 0 Å². The SMILES string of the molecule is CC(C)(C)[S+]([O-])/N=C1/CCC12CCN(CCc1ccccc1)CC2. The summed E-state index contributed by atoms with van der Waals surface area (Å²) in [6.45, 7) is 9.45. The first kappa shape index (κ1) is 18.0. The van der Waals surface area contributed by atoms with Crippen LogP contribution in [0.4, 0.5) is 0 Å². The van der Waals surface area contributed by atoms with Crippen molar-refractivity contribution in [2.45, 2.75) is 57.6 Å². The van der Waals surface area contributed by atoms with E-state index >= 15 is 0 Å². The molecule has 1 aliphatic carbocycles. The summed E-state index contributed by atoms with van der Waals surface area (Å²) in [5.74, 6) is 0. The van der Waals surface area contributed by atoms with Crippen LogP contribution in [0.25, 0.3) is 0 Å². The summed E-state index contributed by atoms with van der Waals surface area (Å²) in [5.41, 5.74) is 2.92. The van der Waals surface area contributed by atoms with Crippen molar-refractivity contribution in [3.63, 3.8) is 0 Å². The van der Waals surface area contributed by atoms with Gasteiger partial charge in [0.05, 0.1) is 5.71 Å². The minimum Gasteiger partial charge on any atom is -0.591 e. The monoisotopic (exact) mass is 346 g/mol. The molecule has 4 heteroatoms. The van der Waals surface area contributed by atoms with Crippen molar-refractivity contribution in [1.82, 2.24) is 4.90 Å². The Kier molecular flexibility index (Phi) is 5.38. The first-order chi connectivity index (χ1) is 11.4. The fourth-order valence-electron chi connectivity index (χ4n) is 3.64. The van der Waals surface area contributed by atoms with Gasteiger partial charge < -0.3 is 9.45 Å². The molecule has 0 amide bonds. The van der Waals surface area contributed by atoms with E-state index < -0.39 is 11.4 Å². The summed E-state index contributed by atoms with van der Waals surface area (Å²) < 4.78 is 16.7. The molecule has 1 aromatic carbocycles. The Morgan fingerprint density at radius 3 is 2.33 bits per heavy atom. The maximum atomic E-state index is 12.3. The average molecular weight is 347 g/mol. The van der Waals surface area contributed by atoms with Crippen LogP contribution in [0.15, 0.2) is 34.7 Å². The highest BCUT2D eigenvalue weighted by Crippen LogP contribution is 2.47. The molecule has 1 atom stereocenters. The van der Waals surface area contributed by atoms with Gasteiger partial charge in [-0.2, -0.15) is 0 Å². The second-order valence-corrected chi connectivity index (χ2v) is 10.2. The highest BCUT2D eigenvalue weighted by molar-refractivity contribution is 7.91. The van der Waals surface area contributed by atoms with Gasteiger partial charge in [0, 0.05) is 12.0 Å². The molecule has 0 bridgehead atoms. The van der Waals surface area contributed by atoms with Gasteiger partial charge in [0.2, 0.25) is 0 Å².